The highest BCUT2D eigenvalue weighted by molar-refractivity contribution is 5.85. The number of amides is 1. The third kappa shape index (κ3) is 3.93. The fraction of sp³-hybridized carbons (Fsp3) is 0.500. The number of benzene rings is 1. The molecule has 0 unspecified atom stereocenters. The van der Waals surface area contributed by atoms with Gasteiger partial charge in [0.1, 0.15) is 5.60 Å². The molecule has 2 N–H and O–H groups in total. The molecule has 0 saturated carbocycles. The van der Waals surface area contributed by atoms with Crippen LogP contribution in [-0.4, -0.2) is 31.7 Å². The summed E-state index contributed by atoms with van der Waals surface area (Å²) in [7, 11) is 1.62. The summed E-state index contributed by atoms with van der Waals surface area (Å²) in [6.07, 6.45) is 1.45. The topological polar surface area (TPSA) is 50.4 Å². The lowest BCUT2D eigenvalue weighted by Gasteiger charge is -2.34. The third-order valence-electron chi connectivity index (χ3n) is 3.51. The fourth-order valence-corrected chi connectivity index (χ4v) is 2.29. The first-order valence-corrected chi connectivity index (χ1v) is 6.35. The summed E-state index contributed by atoms with van der Waals surface area (Å²) in [5.41, 5.74) is 0.450. The van der Waals surface area contributed by atoms with E-state index in [1.165, 1.54) is 0 Å². The van der Waals surface area contributed by atoms with Gasteiger partial charge in [0.2, 0.25) is 0 Å². The highest BCUT2D eigenvalue weighted by atomic mass is 35.5. The molecule has 106 valence electrons. The molecule has 1 aromatic rings. The van der Waals surface area contributed by atoms with Gasteiger partial charge in [-0.3, -0.25) is 4.79 Å². The number of carbonyl (C=O) groups excluding carboxylic acids is 1. The van der Waals surface area contributed by atoms with Crippen LogP contribution in [0.5, 0.6) is 0 Å². The van der Waals surface area contributed by atoms with Gasteiger partial charge in [-0.05, 0) is 31.5 Å². The number of rotatable bonds is 4. The average Bonchev–Trinajstić information content (AvgIpc) is 2.46. The molecule has 4 nitrogen and oxygen atoms in total. The summed E-state index contributed by atoms with van der Waals surface area (Å²) in [5, 5.41) is 6.21. The molecule has 1 saturated heterocycles. The van der Waals surface area contributed by atoms with Gasteiger partial charge < -0.3 is 15.4 Å². The Morgan fingerprint density at radius 2 is 1.95 bits per heavy atom. The van der Waals surface area contributed by atoms with Gasteiger partial charge in [0.25, 0.3) is 5.91 Å². The number of hydrogen-bond acceptors (Lipinski definition) is 3. The van der Waals surface area contributed by atoms with Gasteiger partial charge in [0.15, 0.2) is 0 Å². The van der Waals surface area contributed by atoms with Crippen molar-refractivity contribution in [2.75, 3.05) is 20.2 Å². The second-order valence-corrected chi connectivity index (χ2v) is 4.62. The summed E-state index contributed by atoms with van der Waals surface area (Å²) in [4.78, 5) is 12.3. The first kappa shape index (κ1) is 16.0. The van der Waals surface area contributed by atoms with E-state index in [4.69, 9.17) is 4.74 Å². The van der Waals surface area contributed by atoms with Gasteiger partial charge >= 0.3 is 0 Å². The Balaban J connectivity index is 0.00000180. The zero-order valence-electron chi connectivity index (χ0n) is 11.1. The Bertz CT molecular complexity index is 392. The van der Waals surface area contributed by atoms with E-state index < -0.39 is 5.60 Å². The van der Waals surface area contributed by atoms with Gasteiger partial charge in [-0.2, -0.15) is 0 Å². The maximum absolute atomic E-state index is 12.3. The molecule has 1 amide bonds. The number of nitrogens with one attached hydrogen (secondary N) is 2. The number of carbonyl (C=O) groups is 1. The zero-order valence-corrected chi connectivity index (χ0v) is 12.0. The van der Waals surface area contributed by atoms with Crippen LogP contribution in [0.1, 0.15) is 18.4 Å². The molecule has 19 heavy (non-hydrogen) atoms. The highest BCUT2D eigenvalue weighted by Gasteiger charge is 2.39. The van der Waals surface area contributed by atoms with Gasteiger partial charge in [0, 0.05) is 13.7 Å². The summed E-state index contributed by atoms with van der Waals surface area (Å²) >= 11 is 0. The fourth-order valence-electron chi connectivity index (χ4n) is 2.29. The van der Waals surface area contributed by atoms with Gasteiger partial charge in [-0.15, -0.1) is 12.4 Å². The Kier molecular flexibility index (Phi) is 6.28. The van der Waals surface area contributed by atoms with Crippen molar-refractivity contribution in [2.24, 2.45) is 0 Å². The van der Waals surface area contributed by atoms with E-state index in [2.05, 4.69) is 10.6 Å². The predicted molar refractivity (Wildman–Crippen MR) is 77.4 cm³/mol. The van der Waals surface area contributed by atoms with Gasteiger partial charge in [0.05, 0.1) is 0 Å². The summed E-state index contributed by atoms with van der Waals surface area (Å²) in [6.45, 7) is 2.21. The molecule has 0 aromatic heterocycles. The summed E-state index contributed by atoms with van der Waals surface area (Å²) < 4.78 is 5.48. The SMILES string of the molecule is COC1(C(=O)NCc2ccccc2)CCNCC1.Cl. The minimum Gasteiger partial charge on any atom is -0.368 e. The molecule has 0 radical (unpaired) electrons. The second kappa shape index (κ2) is 7.48. The minimum atomic E-state index is -0.653. The van der Waals surface area contributed by atoms with Gasteiger partial charge in [-0.25, -0.2) is 0 Å². The van der Waals surface area contributed by atoms with Crippen molar-refractivity contribution < 1.29 is 9.53 Å². The number of piperidine rings is 1. The lowest BCUT2D eigenvalue weighted by molar-refractivity contribution is -0.146. The van der Waals surface area contributed by atoms with Crippen molar-refractivity contribution in [3.8, 4) is 0 Å². The molecule has 0 spiro atoms. The first-order valence-electron chi connectivity index (χ1n) is 6.35. The third-order valence-corrected chi connectivity index (χ3v) is 3.51. The van der Waals surface area contributed by atoms with Gasteiger partial charge in [-0.1, -0.05) is 30.3 Å². The molecule has 2 rings (SSSR count). The van der Waals surface area contributed by atoms with E-state index in [1.807, 2.05) is 30.3 Å². The van der Waals surface area contributed by atoms with Crippen LogP contribution < -0.4 is 10.6 Å². The maximum atomic E-state index is 12.3. The lowest BCUT2D eigenvalue weighted by Crippen LogP contribution is -2.53. The first-order chi connectivity index (χ1) is 8.77. The monoisotopic (exact) mass is 284 g/mol. The Morgan fingerprint density at radius 1 is 1.32 bits per heavy atom. The van der Waals surface area contributed by atoms with Crippen LogP contribution in [0.3, 0.4) is 0 Å². The largest absolute Gasteiger partial charge is 0.368 e. The number of hydrogen-bond donors (Lipinski definition) is 2. The molecule has 1 aromatic carbocycles. The molecule has 0 atom stereocenters. The smallest absolute Gasteiger partial charge is 0.252 e. The standard InChI is InChI=1S/C14H20N2O2.ClH/c1-18-14(7-9-15-10-8-14)13(17)16-11-12-5-3-2-4-6-12;/h2-6,15H,7-11H2,1H3,(H,16,17);1H. The number of methoxy groups -OCH3 is 1. The van der Waals surface area contributed by atoms with E-state index in [-0.39, 0.29) is 18.3 Å². The molecule has 0 aliphatic carbocycles. The molecule has 1 aliphatic heterocycles. The second-order valence-electron chi connectivity index (χ2n) is 4.62. The molecule has 1 heterocycles. The van der Waals surface area contributed by atoms with Crippen molar-refractivity contribution >= 4 is 18.3 Å². The quantitative estimate of drug-likeness (QED) is 0.881. The van der Waals surface area contributed by atoms with E-state index in [1.54, 1.807) is 7.11 Å². The Hall–Kier alpha value is -1.10. The van der Waals surface area contributed by atoms with E-state index in [0.29, 0.717) is 6.54 Å². The predicted octanol–water partition coefficient (Wildman–Crippen LogP) is 1.49. The van der Waals surface area contributed by atoms with E-state index in [0.717, 1.165) is 31.5 Å². The molecule has 1 aliphatic rings. The van der Waals surface area contributed by atoms with Crippen LogP contribution >= 0.6 is 12.4 Å². The summed E-state index contributed by atoms with van der Waals surface area (Å²) in [6, 6.07) is 9.91. The maximum Gasteiger partial charge on any atom is 0.252 e. The van der Waals surface area contributed by atoms with Crippen LogP contribution in [0.25, 0.3) is 0 Å². The molecule has 5 heteroatoms. The van der Waals surface area contributed by atoms with E-state index in [9.17, 15) is 4.79 Å². The zero-order chi connectivity index (χ0) is 12.8. The average molecular weight is 285 g/mol. The lowest BCUT2D eigenvalue weighted by atomic mass is 9.91. The summed E-state index contributed by atoms with van der Waals surface area (Å²) in [5.74, 6) is -0.00430. The van der Waals surface area contributed by atoms with Crippen LogP contribution in [0.2, 0.25) is 0 Å². The normalized spacial score (nSPS) is 17.3. The molecule has 0 bridgehead atoms. The number of halogens is 1. The van der Waals surface area contributed by atoms with Crippen molar-refractivity contribution in [3.05, 3.63) is 35.9 Å². The molecular formula is C14H21ClN2O2. The number of ether oxygens (including phenoxy) is 1. The van der Waals surface area contributed by atoms with Crippen molar-refractivity contribution in [2.45, 2.75) is 25.0 Å². The molecular weight excluding hydrogens is 264 g/mol. The van der Waals surface area contributed by atoms with Crippen molar-refractivity contribution in [1.82, 2.24) is 10.6 Å². The van der Waals surface area contributed by atoms with Crippen molar-refractivity contribution in [1.29, 1.82) is 0 Å². The van der Waals surface area contributed by atoms with Crippen LogP contribution in [0.4, 0.5) is 0 Å². The van der Waals surface area contributed by atoms with E-state index >= 15 is 0 Å². The van der Waals surface area contributed by atoms with Crippen LogP contribution in [0, 0.1) is 0 Å². The molecule has 1 fully saturated rings. The Labute approximate surface area is 120 Å². The Morgan fingerprint density at radius 3 is 2.53 bits per heavy atom. The van der Waals surface area contributed by atoms with Crippen LogP contribution in [-0.2, 0) is 16.1 Å². The minimum absolute atomic E-state index is 0. The van der Waals surface area contributed by atoms with Crippen LogP contribution in [0.15, 0.2) is 30.3 Å². The highest BCUT2D eigenvalue weighted by Crippen LogP contribution is 2.22. The van der Waals surface area contributed by atoms with Crippen molar-refractivity contribution in [3.63, 3.8) is 0 Å².